The van der Waals surface area contributed by atoms with Gasteiger partial charge in [0.15, 0.2) is 0 Å². The van der Waals surface area contributed by atoms with Crippen molar-refractivity contribution in [1.29, 1.82) is 0 Å². The Balaban J connectivity index is 4.42. The van der Waals surface area contributed by atoms with Crippen molar-refractivity contribution in [2.45, 2.75) is 52.6 Å². The first kappa shape index (κ1) is 15.7. The number of carbonyl (C=O) groups is 2. The lowest BCUT2D eigenvalue weighted by Crippen LogP contribution is -2.47. The smallest absolute Gasteiger partial charge is 0.320 e. The number of carboxylic acid groups (broad SMARTS) is 1. The second-order valence-electron chi connectivity index (χ2n) is 4.77. The number of carboxylic acids is 1. The standard InChI is InChI=1S/C12H24N2O3/c1-9(2)13(5)12(17)14(10(3)4)8-6-7-11(15)16/h9-10H,6-8H2,1-5H3,(H,15,16). The Morgan fingerprint density at radius 1 is 1.12 bits per heavy atom. The minimum absolute atomic E-state index is 0.0413. The summed E-state index contributed by atoms with van der Waals surface area (Å²) in [6.07, 6.45) is 0.590. The summed E-state index contributed by atoms with van der Waals surface area (Å²) in [7, 11) is 1.76. The van der Waals surface area contributed by atoms with Gasteiger partial charge < -0.3 is 14.9 Å². The van der Waals surface area contributed by atoms with Gasteiger partial charge in [-0.15, -0.1) is 0 Å². The molecule has 0 rings (SSSR count). The molecular weight excluding hydrogens is 220 g/mol. The SMILES string of the molecule is CC(C)N(C)C(=O)N(CCCC(=O)O)C(C)C. The minimum Gasteiger partial charge on any atom is -0.481 e. The average molecular weight is 244 g/mol. The van der Waals surface area contributed by atoms with Crippen LogP contribution in [-0.4, -0.2) is 52.6 Å². The van der Waals surface area contributed by atoms with E-state index in [0.29, 0.717) is 13.0 Å². The summed E-state index contributed by atoms with van der Waals surface area (Å²) in [5, 5.41) is 8.59. The molecule has 0 saturated heterocycles. The molecule has 5 nitrogen and oxygen atoms in total. The van der Waals surface area contributed by atoms with Crippen molar-refractivity contribution >= 4 is 12.0 Å². The topological polar surface area (TPSA) is 60.9 Å². The molecule has 0 aliphatic rings. The fourth-order valence-electron chi connectivity index (χ4n) is 1.40. The summed E-state index contributed by atoms with van der Waals surface area (Å²) < 4.78 is 0. The Labute approximate surface area is 103 Å². The zero-order valence-electron chi connectivity index (χ0n) is 11.4. The quantitative estimate of drug-likeness (QED) is 0.777. The Kier molecular flexibility index (Phi) is 6.61. The summed E-state index contributed by atoms with van der Waals surface area (Å²) in [5.74, 6) is -0.821. The monoisotopic (exact) mass is 244 g/mol. The molecule has 5 heteroatoms. The summed E-state index contributed by atoms with van der Waals surface area (Å²) in [4.78, 5) is 25.9. The second kappa shape index (κ2) is 7.14. The molecule has 0 aliphatic heterocycles. The van der Waals surface area contributed by atoms with Crippen LogP contribution in [0, 0.1) is 0 Å². The van der Waals surface area contributed by atoms with Crippen LogP contribution >= 0.6 is 0 Å². The fraction of sp³-hybridized carbons (Fsp3) is 0.833. The molecule has 0 heterocycles. The highest BCUT2D eigenvalue weighted by atomic mass is 16.4. The maximum Gasteiger partial charge on any atom is 0.320 e. The highest BCUT2D eigenvalue weighted by Gasteiger charge is 2.21. The van der Waals surface area contributed by atoms with Crippen LogP contribution in [0.15, 0.2) is 0 Å². The number of rotatable bonds is 6. The normalized spacial score (nSPS) is 10.8. The van der Waals surface area contributed by atoms with Gasteiger partial charge in [0.2, 0.25) is 0 Å². The molecule has 0 spiro atoms. The van der Waals surface area contributed by atoms with E-state index < -0.39 is 5.97 Å². The van der Waals surface area contributed by atoms with Crippen LogP contribution in [0.25, 0.3) is 0 Å². The van der Waals surface area contributed by atoms with Gasteiger partial charge in [-0.25, -0.2) is 4.79 Å². The second-order valence-corrected chi connectivity index (χ2v) is 4.77. The van der Waals surface area contributed by atoms with Crippen LogP contribution in [0.5, 0.6) is 0 Å². The zero-order valence-corrected chi connectivity index (χ0v) is 11.4. The fourth-order valence-corrected chi connectivity index (χ4v) is 1.40. The Hall–Kier alpha value is -1.26. The minimum atomic E-state index is -0.821. The molecule has 100 valence electrons. The molecule has 1 N–H and O–H groups in total. The van der Waals surface area contributed by atoms with E-state index in [4.69, 9.17) is 5.11 Å². The van der Waals surface area contributed by atoms with Crippen LogP contribution in [0.4, 0.5) is 4.79 Å². The molecule has 2 amide bonds. The number of nitrogens with zero attached hydrogens (tertiary/aromatic N) is 2. The third-order valence-electron chi connectivity index (χ3n) is 2.74. The van der Waals surface area contributed by atoms with Gasteiger partial charge in [0.1, 0.15) is 0 Å². The van der Waals surface area contributed by atoms with E-state index in [1.807, 2.05) is 27.7 Å². The van der Waals surface area contributed by atoms with Crippen LogP contribution < -0.4 is 0 Å². The number of urea groups is 1. The van der Waals surface area contributed by atoms with Crippen LogP contribution in [0.3, 0.4) is 0 Å². The number of aliphatic carboxylic acids is 1. The third-order valence-corrected chi connectivity index (χ3v) is 2.74. The van der Waals surface area contributed by atoms with Gasteiger partial charge in [-0.2, -0.15) is 0 Å². The Bertz CT molecular complexity index is 264. The molecule has 0 aromatic rings. The summed E-state index contributed by atoms with van der Waals surface area (Å²) in [5.41, 5.74) is 0. The molecule has 17 heavy (non-hydrogen) atoms. The molecule has 0 aliphatic carbocycles. The molecule has 0 unspecified atom stereocenters. The number of hydrogen-bond donors (Lipinski definition) is 1. The van der Waals surface area contributed by atoms with Crippen LogP contribution in [0.1, 0.15) is 40.5 Å². The van der Waals surface area contributed by atoms with E-state index in [1.165, 1.54) is 0 Å². The van der Waals surface area contributed by atoms with E-state index in [0.717, 1.165) is 0 Å². The van der Waals surface area contributed by atoms with Crippen molar-refractivity contribution in [2.24, 2.45) is 0 Å². The van der Waals surface area contributed by atoms with Crippen LogP contribution in [0.2, 0.25) is 0 Å². The number of carbonyl (C=O) groups excluding carboxylic acids is 1. The van der Waals surface area contributed by atoms with Gasteiger partial charge in [-0.3, -0.25) is 4.79 Å². The predicted octanol–water partition coefficient (Wildman–Crippen LogP) is 2.02. The molecular formula is C12H24N2O3. The van der Waals surface area contributed by atoms with Gasteiger partial charge in [0, 0.05) is 32.1 Å². The van der Waals surface area contributed by atoms with Crippen molar-refractivity contribution in [3.8, 4) is 0 Å². The van der Waals surface area contributed by atoms with E-state index in [2.05, 4.69) is 0 Å². The maximum atomic E-state index is 12.1. The lowest BCUT2D eigenvalue weighted by molar-refractivity contribution is -0.137. The predicted molar refractivity (Wildman–Crippen MR) is 67.0 cm³/mol. The third kappa shape index (κ3) is 5.56. The molecule has 0 saturated carbocycles. The first-order valence-electron chi connectivity index (χ1n) is 6.02. The van der Waals surface area contributed by atoms with E-state index in [-0.39, 0.29) is 24.5 Å². The average Bonchev–Trinajstić information content (AvgIpc) is 2.21. The van der Waals surface area contributed by atoms with Crippen molar-refractivity contribution < 1.29 is 14.7 Å². The summed E-state index contributed by atoms with van der Waals surface area (Å²) in [6.45, 7) is 8.26. The number of amides is 2. The summed E-state index contributed by atoms with van der Waals surface area (Å²) in [6, 6.07) is 0.182. The van der Waals surface area contributed by atoms with Gasteiger partial charge in [-0.05, 0) is 34.1 Å². The van der Waals surface area contributed by atoms with Gasteiger partial charge >= 0.3 is 12.0 Å². The Morgan fingerprint density at radius 2 is 1.65 bits per heavy atom. The first-order chi connectivity index (χ1) is 7.77. The van der Waals surface area contributed by atoms with Crippen molar-refractivity contribution in [1.82, 2.24) is 9.80 Å². The largest absolute Gasteiger partial charge is 0.481 e. The van der Waals surface area contributed by atoms with E-state index in [1.54, 1.807) is 16.8 Å². The summed E-state index contributed by atoms with van der Waals surface area (Å²) >= 11 is 0. The lowest BCUT2D eigenvalue weighted by atomic mass is 10.2. The van der Waals surface area contributed by atoms with Crippen molar-refractivity contribution in [2.75, 3.05) is 13.6 Å². The highest BCUT2D eigenvalue weighted by molar-refractivity contribution is 5.74. The van der Waals surface area contributed by atoms with Crippen molar-refractivity contribution in [3.05, 3.63) is 0 Å². The maximum absolute atomic E-state index is 12.1. The molecule has 0 aromatic heterocycles. The van der Waals surface area contributed by atoms with E-state index in [9.17, 15) is 9.59 Å². The molecule has 0 bridgehead atoms. The molecule has 0 radical (unpaired) electrons. The molecule has 0 atom stereocenters. The van der Waals surface area contributed by atoms with Crippen LogP contribution in [-0.2, 0) is 4.79 Å². The van der Waals surface area contributed by atoms with E-state index >= 15 is 0 Å². The molecule has 0 aromatic carbocycles. The zero-order chi connectivity index (χ0) is 13.6. The highest BCUT2D eigenvalue weighted by Crippen LogP contribution is 2.08. The number of hydrogen-bond acceptors (Lipinski definition) is 2. The Morgan fingerprint density at radius 3 is 2.00 bits per heavy atom. The lowest BCUT2D eigenvalue weighted by Gasteiger charge is -2.33. The van der Waals surface area contributed by atoms with Gasteiger partial charge in [0.05, 0.1) is 0 Å². The molecule has 0 fully saturated rings. The first-order valence-corrected chi connectivity index (χ1v) is 6.02. The van der Waals surface area contributed by atoms with Gasteiger partial charge in [-0.1, -0.05) is 0 Å². The van der Waals surface area contributed by atoms with Gasteiger partial charge in [0.25, 0.3) is 0 Å². The van der Waals surface area contributed by atoms with Crippen molar-refractivity contribution in [3.63, 3.8) is 0 Å².